The molecule has 1 atom stereocenters. The average molecular weight is 206 g/mol. The fraction of sp³-hybridized carbons (Fsp3) is 0.818. The van der Waals surface area contributed by atoms with Gasteiger partial charge < -0.3 is 5.32 Å². The van der Waals surface area contributed by atoms with Crippen LogP contribution in [-0.2, 0) is 6.54 Å². The van der Waals surface area contributed by atoms with Crippen molar-refractivity contribution in [1.29, 1.82) is 0 Å². The SMILES string of the molecule is c1nc(C2CCC2)nn1CC1CCNC1. The zero-order chi connectivity index (χ0) is 10.1. The first kappa shape index (κ1) is 9.33. The van der Waals surface area contributed by atoms with Gasteiger partial charge in [0.25, 0.3) is 0 Å². The molecule has 3 rings (SSSR count). The Hall–Kier alpha value is -0.900. The third-order valence-electron chi connectivity index (χ3n) is 3.63. The van der Waals surface area contributed by atoms with Crippen molar-refractivity contribution in [1.82, 2.24) is 20.1 Å². The second-order valence-electron chi connectivity index (χ2n) is 4.81. The van der Waals surface area contributed by atoms with Crippen LogP contribution in [0.4, 0.5) is 0 Å². The third-order valence-corrected chi connectivity index (χ3v) is 3.63. The Morgan fingerprint density at radius 1 is 1.40 bits per heavy atom. The van der Waals surface area contributed by atoms with E-state index in [1.165, 1.54) is 25.7 Å². The molecule has 4 heteroatoms. The maximum Gasteiger partial charge on any atom is 0.153 e. The first-order chi connectivity index (χ1) is 7.42. The predicted molar refractivity (Wildman–Crippen MR) is 57.6 cm³/mol. The second kappa shape index (κ2) is 3.93. The van der Waals surface area contributed by atoms with Crippen molar-refractivity contribution < 1.29 is 0 Å². The van der Waals surface area contributed by atoms with Crippen LogP contribution in [0.25, 0.3) is 0 Å². The van der Waals surface area contributed by atoms with E-state index in [4.69, 9.17) is 0 Å². The lowest BCUT2D eigenvalue weighted by Crippen LogP contribution is -2.16. The maximum absolute atomic E-state index is 4.57. The molecule has 82 valence electrons. The Bertz CT molecular complexity index is 323. The highest BCUT2D eigenvalue weighted by Crippen LogP contribution is 2.33. The summed E-state index contributed by atoms with van der Waals surface area (Å²) in [4.78, 5) is 4.41. The summed E-state index contributed by atoms with van der Waals surface area (Å²) in [7, 11) is 0. The molecule has 0 amide bonds. The van der Waals surface area contributed by atoms with Gasteiger partial charge in [0, 0.05) is 12.5 Å². The highest BCUT2D eigenvalue weighted by Gasteiger charge is 2.23. The van der Waals surface area contributed by atoms with Gasteiger partial charge in [-0.15, -0.1) is 0 Å². The lowest BCUT2D eigenvalue weighted by atomic mass is 9.85. The maximum atomic E-state index is 4.57. The van der Waals surface area contributed by atoms with Gasteiger partial charge in [0.05, 0.1) is 0 Å². The number of aromatic nitrogens is 3. The van der Waals surface area contributed by atoms with Crippen LogP contribution in [0.3, 0.4) is 0 Å². The Balaban J connectivity index is 1.62. The Kier molecular flexibility index (Phi) is 2.44. The van der Waals surface area contributed by atoms with Gasteiger partial charge in [-0.05, 0) is 38.3 Å². The van der Waals surface area contributed by atoms with Crippen molar-refractivity contribution in [3.63, 3.8) is 0 Å². The van der Waals surface area contributed by atoms with Gasteiger partial charge in [0.15, 0.2) is 5.82 Å². The number of hydrogen-bond acceptors (Lipinski definition) is 3. The normalized spacial score (nSPS) is 26.8. The minimum Gasteiger partial charge on any atom is -0.316 e. The van der Waals surface area contributed by atoms with Crippen molar-refractivity contribution >= 4 is 0 Å². The number of rotatable bonds is 3. The molecule has 4 nitrogen and oxygen atoms in total. The molecule has 0 spiro atoms. The van der Waals surface area contributed by atoms with Crippen LogP contribution in [0.15, 0.2) is 6.33 Å². The first-order valence-corrected chi connectivity index (χ1v) is 6.02. The van der Waals surface area contributed by atoms with Crippen LogP contribution in [-0.4, -0.2) is 27.9 Å². The van der Waals surface area contributed by atoms with Crippen LogP contribution in [0.2, 0.25) is 0 Å². The minimum atomic E-state index is 0.660. The molecule has 2 fully saturated rings. The zero-order valence-corrected chi connectivity index (χ0v) is 9.02. The lowest BCUT2D eigenvalue weighted by Gasteiger charge is -2.21. The summed E-state index contributed by atoms with van der Waals surface area (Å²) in [5, 5.41) is 7.96. The van der Waals surface area contributed by atoms with E-state index in [1.807, 2.05) is 11.0 Å². The van der Waals surface area contributed by atoms with E-state index >= 15 is 0 Å². The molecule has 1 saturated heterocycles. The van der Waals surface area contributed by atoms with E-state index in [2.05, 4.69) is 15.4 Å². The fourth-order valence-electron chi connectivity index (χ4n) is 2.39. The average Bonchev–Trinajstić information content (AvgIpc) is 2.75. The van der Waals surface area contributed by atoms with Crippen LogP contribution in [0.5, 0.6) is 0 Å². The molecule has 15 heavy (non-hydrogen) atoms. The number of hydrogen-bond donors (Lipinski definition) is 1. The quantitative estimate of drug-likeness (QED) is 0.807. The zero-order valence-electron chi connectivity index (χ0n) is 9.02. The molecule has 1 aromatic rings. The third kappa shape index (κ3) is 1.91. The van der Waals surface area contributed by atoms with Crippen LogP contribution >= 0.6 is 0 Å². The summed E-state index contributed by atoms with van der Waals surface area (Å²) >= 11 is 0. The van der Waals surface area contributed by atoms with Crippen LogP contribution < -0.4 is 5.32 Å². The highest BCUT2D eigenvalue weighted by molar-refractivity contribution is 4.98. The van der Waals surface area contributed by atoms with Crippen LogP contribution in [0.1, 0.15) is 37.4 Å². The Morgan fingerprint density at radius 2 is 2.33 bits per heavy atom. The van der Waals surface area contributed by atoms with E-state index in [9.17, 15) is 0 Å². The smallest absolute Gasteiger partial charge is 0.153 e. The molecule has 2 heterocycles. The topological polar surface area (TPSA) is 42.7 Å². The Labute approximate surface area is 90.1 Å². The molecular formula is C11H18N4. The summed E-state index contributed by atoms with van der Waals surface area (Å²) in [6.45, 7) is 3.33. The molecule has 1 N–H and O–H groups in total. The van der Waals surface area contributed by atoms with Crippen molar-refractivity contribution in [2.45, 2.75) is 38.1 Å². The largest absolute Gasteiger partial charge is 0.316 e. The molecule has 1 aliphatic heterocycles. The Morgan fingerprint density at radius 3 is 3.00 bits per heavy atom. The standard InChI is InChI=1S/C11H18N4/c1-2-10(3-1)11-13-8-15(14-11)7-9-4-5-12-6-9/h8-10,12H,1-7H2. The van der Waals surface area contributed by atoms with E-state index in [-0.39, 0.29) is 0 Å². The summed E-state index contributed by atoms with van der Waals surface area (Å²) in [5.41, 5.74) is 0. The van der Waals surface area contributed by atoms with E-state index in [1.54, 1.807) is 0 Å². The number of nitrogens with one attached hydrogen (secondary N) is 1. The van der Waals surface area contributed by atoms with Crippen molar-refractivity contribution in [3.05, 3.63) is 12.2 Å². The fourth-order valence-corrected chi connectivity index (χ4v) is 2.39. The number of nitrogens with zero attached hydrogens (tertiary/aromatic N) is 3. The van der Waals surface area contributed by atoms with Gasteiger partial charge in [0.2, 0.25) is 0 Å². The molecule has 0 radical (unpaired) electrons. The van der Waals surface area contributed by atoms with Gasteiger partial charge in [-0.25, -0.2) is 4.98 Å². The van der Waals surface area contributed by atoms with Crippen molar-refractivity contribution in [2.75, 3.05) is 13.1 Å². The molecule has 1 aliphatic carbocycles. The second-order valence-corrected chi connectivity index (χ2v) is 4.81. The van der Waals surface area contributed by atoms with Gasteiger partial charge in [-0.2, -0.15) is 5.10 Å². The van der Waals surface area contributed by atoms with Gasteiger partial charge in [-0.1, -0.05) is 6.42 Å². The van der Waals surface area contributed by atoms with E-state index < -0.39 is 0 Å². The molecule has 1 unspecified atom stereocenters. The predicted octanol–water partition coefficient (Wildman–Crippen LogP) is 1.16. The van der Waals surface area contributed by atoms with E-state index in [0.29, 0.717) is 5.92 Å². The van der Waals surface area contributed by atoms with Gasteiger partial charge >= 0.3 is 0 Å². The molecule has 0 aromatic carbocycles. The first-order valence-electron chi connectivity index (χ1n) is 6.02. The summed E-state index contributed by atoms with van der Waals surface area (Å²) < 4.78 is 2.03. The summed E-state index contributed by atoms with van der Waals surface area (Å²) in [5.74, 6) is 2.49. The molecule has 1 aromatic heterocycles. The minimum absolute atomic E-state index is 0.660. The van der Waals surface area contributed by atoms with Crippen molar-refractivity contribution in [2.24, 2.45) is 5.92 Å². The van der Waals surface area contributed by atoms with E-state index in [0.717, 1.165) is 31.4 Å². The summed E-state index contributed by atoms with van der Waals surface area (Å²) in [6.07, 6.45) is 7.11. The van der Waals surface area contributed by atoms with Crippen LogP contribution in [0, 0.1) is 5.92 Å². The molecule has 0 bridgehead atoms. The van der Waals surface area contributed by atoms with Crippen molar-refractivity contribution in [3.8, 4) is 0 Å². The monoisotopic (exact) mass is 206 g/mol. The van der Waals surface area contributed by atoms with Gasteiger partial charge in [0.1, 0.15) is 6.33 Å². The molecule has 2 aliphatic rings. The molecule has 1 saturated carbocycles. The summed E-state index contributed by atoms with van der Waals surface area (Å²) in [6, 6.07) is 0. The highest BCUT2D eigenvalue weighted by atomic mass is 15.3. The van der Waals surface area contributed by atoms with Gasteiger partial charge in [-0.3, -0.25) is 4.68 Å². The molecular weight excluding hydrogens is 188 g/mol. The lowest BCUT2D eigenvalue weighted by molar-refractivity contribution is 0.391.